The molecule has 1 heterocycles. The summed E-state index contributed by atoms with van der Waals surface area (Å²) in [5.74, 6) is -0.198. The Kier molecular flexibility index (Phi) is 4.29. The summed E-state index contributed by atoms with van der Waals surface area (Å²) in [5, 5.41) is 7.60. The maximum absolute atomic E-state index is 11.9. The first-order chi connectivity index (χ1) is 9.52. The molecular formula is C14H15ClN2O3. The van der Waals surface area contributed by atoms with Crippen LogP contribution in [0.25, 0.3) is 11.3 Å². The van der Waals surface area contributed by atoms with Crippen LogP contribution in [0, 0.1) is 0 Å². The summed E-state index contributed by atoms with van der Waals surface area (Å²) >= 11 is 5.85. The van der Waals surface area contributed by atoms with Gasteiger partial charge in [-0.1, -0.05) is 28.9 Å². The van der Waals surface area contributed by atoms with Crippen LogP contribution in [0.2, 0.25) is 5.02 Å². The number of hydrogen-bond acceptors (Lipinski definition) is 5. The zero-order chi connectivity index (χ0) is 14.7. The van der Waals surface area contributed by atoms with E-state index in [0.29, 0.717) is 16.6 Å². The van der Waals surface area contributed by atoms with Crippen LogP contribution < -0.4 is 5.32 Å². The van der Waals surface area contributed by atoms with Gasteiger partial charge >= 0.3 is 5.97 Å². The number of aromatic nitrogens is 1. The van der Waals surface area contributed by atoms with Gasteiger partial charge in [-0.25, -0.2) is 4.79 Å². The summed E-state index contributed by atoms with van der Waals surface area (Å²) in [6, 6.07) is 7.09. The van der Waals surface area contributed by atoms with E-state index in [-0.39, 0.29) is 11.6 Å². The molecule has 0 aliphatic carbocycles. The number of hydrogen-bond donors (Lipinski definition) is 1. The van der Waals surface area contributed by atoms with Crippen molar-refractivity contribution in [2.45, 2.75) is 19.9 Å². The van der Waals surface area contributed by atoms with E-state index in [1.807, 2.05) is 13.8 Å². The predicted octanol–water partition coefficient (Wildman–Crippen LogP) is 3.60. The lowest BCUT2D eigenvalue weighted by Gasteiger charge is -2.07. The fourth-order valence-electron chi connectivity index (χ4n) is 1.75. The monoisotopic (exact) mass is 294 g/mol. The maximum Gasteiger partial charge on any atom is 0.345 e. The molecular weight excluding hydrogens is 280 g/mol. The highest BCUT2D eigenvalue weighted by molar-refractivity contribution is 6.30. The number of nitrogens with zero attached hydrogens (tertiary/aromatic N) is 1. The van der Waals surface area contributed by atoms with Gasteiger partial charge in [0.05, 0.1) is 7.11 Å². The molecule has 0 bridgehead atoms. The van der Waals surface area contributed by atoms with Crippen molar-refractivity contribution in [3.8, 4) is 11.3 Å². The highest BCUT2D eigenvalue weighted by Crippen LogP contribution is 2.30. The van der Waals surface area contributed by atoms with Gasteiger partial charge in [0.1, 0.15) is 5.69 Å². The van der Waals surface area contributed by atoms with E-state index in [0.717, 1.165) is 5.56 Å². The molecule has 0 radical (unpaired) electrons. The number of benzene rings is 1. The van der Waals surface area contributed by atoms with Crippen molar-refractivity contribution in [3.63, 3.8) is 0 Å². The number of anilines is 1. The standard InChI is InChI=1S/C14H15ClN2O3/c1-8(2)16-13-11(14(18)19-3)12(17-20-13)9-4-6-10(15)7-5-9/h4-8,16H,1-3H3. The Labute approximate surface area is 121 Å². The summed E-state index contributed by atoms with van der Waals surface area (Å²) in [4.78, 5) is 11.9. The van der Waals surface area contributed by atoms with Gasteiger partial charge in [0.15, 0.2) is 5.56 Å². The Hall–Kier alpha value is -2.01. The van der Waals surface area contributed by atoms with Gasteiger partial charge in [0.2, 0.25) is 5.88 Å². The molecule has 0 atom stereocenters. The molecule has 0 saturated heterocycles. The van der Waals surface area contributed by atoms with Gasteiger partial charge in [-0.3, -0.25) is 0 Å². The quantitative estimate of drug-likeness (QED) is 0.873. The Bertz CT molecular complexity index is 605. The van der Waals surface area contributed by atoms with Gasteiger partial charge in [-0.15, -0.1) is 0 Å². The summed E-state index contributed by atoms with van der Waals surface area (Å²) in [5.41, 5.74) is 1.44. The fourth-order valence-corrected chi connectivity index (χ4v) is 1.87. The third-order valence-electron chi connectivity index (χ3n) is 2.62. The lowest BCUT2D eigenvalue weighted by Crippen LogP contribution is -2.13. The molecule has 2 aromatic rings. The van der Waals surface area contributed by atoms with Crippen molar-refractivity contribution in [2.24, 2.45) is 0 Å². The highest BCUT2D eigenvalue weighted by atomic mass is 35.5. The number of halogens is 1. The van der Waals surface area contributed by atoms with E-state index in [1.165, 1.54) is 7.11 Å². The number of esters is 1. The molecule has 0 amide bonds. The number of carbonyl (C=O) groups is 1. The average Bonchev–Trinajstić information content (AvgIpc) is 2.81. The number of methoxy groups -OCH3 is 1. The molecule has 106 valence electrons. The summed E-state index contributed by atoms with van der Waals surface area (Å²) in [6.07, 6.45) is 0. The Morgan fingerprint density at radius 3 is 2.55 bits per heavy atom. The normalized spacial score (nSPS) is 10.7. The molecule has 1 aromatic carbocycles. The Balaban J connectivity index is 2.50. The van der Waals surface area contributed by atoms with Gasteiger partial charge in [0, 0.05) is 16.6 Å². The SMILES string of the molecule is COC(=O)c1c(-c2ccc(Cl)cc2)noc1NC(C)C. The second-order valence-electron chi connectivity index (χ2n) is 4.53. The maximum atomic E-state index is 11.9. The molecule has 0 spiro atoms. The molecule has 1 aromatic heterocycles. The van der Waals surface area contributed by atoms with Crippen LogP contribution in [0.4, 0.5) is 5.88 Å². The van der Waals surface area contributed by atoms with E-state index in [4.69, 9.17) is 20.9 Å². The molecule has 0 saturated carbocycles. The summed E-state index contributed by atoms with van der Waals surface area (Å²) in [6.45, 7) is 3.87. The average molecular weight is 295 g/mol. The Morgan fingerprint density at radius 2 is 2.00 bits per heavy atom. The molecule has 0 aliphatic rings. The topological polar surface area (TPSA) is 64.4 Å². The van der Waals surface area contributed by atoms with Crippen LogP contribution in [0.5, 0.6) is 0 Å². The third-order valence-corrected chi connectivity index (χ3v) is 2.87. The molecule has 0 fully saturated rings. The smallest absolute Gasteiger partial charge is 0.345 e. The van der Waals surface area contributed by atoms with E-state index >= 15 is 0 Å². The van der Waals surface area contributed by atoms with Crippen LogP contribution in [-0.4, -0.2) is 24.3 Å². The molecule has 5 nitrogen and oxygen atoms in total. The zero-order valence-electron chi connectivity index (χ0n) is 11.4. The predicted molar refractivity (Wildman–Crippen MR) is 77.0 cm³/mol. The molecule has 2 rings (SSSR count). The number of carbonyl (C=O) groups excluding carboxylic acids is 1. The molecule has 0 aliphatic heterocycles. The summed E-state index contributed by atoms with van der Waals surface area (Å²) < 4.78 is 10.0. The first-order valence-corrected chi connectivity index (χ1v) is 6.51. The lowest BCUT2D eigenvalue weighted by atomic mass is 10.1. The number of rotatable bonds is 4. The highest BCUT2D eigenvalue weighted by Gasteiger charge is 2.25. The van der Waals surface area contributed by atoms with Crippen molar-refractivity contribution >= 4 is 23.5 Å². The minimum Gasteiger partial charge on any atom is -0.465 e. The van der Waals surface area contributed by atoms with Crippen molar-refractivity contribution in [3.05, 3.63) is 34.9 Å². The number of nitrogens with one attached hydrogen (secondary N) is 1. The third kappa shape index (κ3) is 2.93. The molecule has 6 heteroatoms. The first-order valence-electron chi connectivity index (χ1n) is 6.13. The van der Waals surface area contributed by atoms with E-state index in [2.05, 4.69) is 10.5 Å². The van der Waals surface area contributed by atoms with Crippen LogP contribution >= 0.6 is 11.6 Å². The van der Waals surface area contributed by atoms with E-state index in [9.17, 15) is 4.79 Å². The minimum atomic E-state index is -0.501. The van der Waals surface area contributed by atoms with Crippen molar-refractivity contribution < 1.29 is 14.1 Å². The van der Waals surface area contributed by atoms with Crippen molar-refractivity contribution in [1.29, 1.82) is 0 Å². The Morgan fingerprint density at radius 1 is 1.35 bits per heavy atom. The van der Waals surface area contributed by atoms with Gasteiger partial charge in [-0.05, 0) is 26.0 Å². The van der Waals surface area contributed by atoms with Gasteiger partial charge < -0.3 is 14.6 Å². The van der Waals surface area contributed by atoms with Crippen molar-refractivity contribution in [2.75, 3.05) is 12.4 Å². The number of ether oxygens (including phenoxy) is 1. The molecule has 0 unspecified atom stereocenters. The second kappa shape index (κ2) is 5.96. The van der Waals surface area contributed by atoms with E-state index < -0.39 is 5.97 Å². The first kappa shape index (κ1) is 14.4. The zero-order valence-corrected chi connectivity index (χ0v) is 12.2. The van der Waals surface area contributed by atoms with Crippen molar-refractivity contribution in [1.82, 2.24) is 5.16 Å². The molecule has 20 heavy (non-hydrogen) atoms. The van der Waals surface area contributed by atoms with Crippen LogP contribution in [-0.2, 0) is 4.74 Å². The van der Waals surface area contributed by atoms with Crippen LogP contribution in [0.3, 0.4) is 0 Å². The van der Waals surface area contributed by atoms with Crippen LogP contribution in [0.1, 0.15) is 24.2 Å². The minimum absolute atomic E-state index is 0.101. The summed E-state index contributed by atoms with van der Waals surface area (Å²) in [7, 11) is 1.32. The van der Waals surface area contributed by atoms with E-state index in [1.54, 1.807) is 24.3 Å². The second-order valence-corrected chi connectivity index (χ2v) is 4.97. The van der Waals surface area contributed by atoms with Crippen LogP contribution in [0.15, 0.2) is 28.8 Å². The molecule has 1 N–H and O–H groups in total. The largest absolute Gasteiger partial charge is 0.465 e. The van der Waals surface area contributed by atoms with Gasteiger partial charge in [-0.2, -0.15) is 0 Å². The fraction of sp³-hybridized carbons (Fsp3) is 0.286. The van der Waals surface area contributed by atoms with Gasteiger partial charge in [0.25, 0.3) is 0 Å². The lowest BCUT2D eigenvalue weighted by molar-refractivity contribution is 0.0602.